The van der Waals surface area contributed by atoms with Gasteiger partial charge in [0.25, 0.3) is 0 Å². The molecule has 0 bridgehead atoms. The van der Waals surface area contributed by atoms with Gasteiger partial charge in [0.15, 0.2) is 0 Å². The lowest BCUT2D eigenvalue weighted by Crippen LogP contribution is -2.36. The van der Waals surface area contributed by atoms with Gasteiger partial charge in [-0.1, -0.05) is 11.6 Å². The molecule has 0 amide bonds. The summed E-state index contributed by atoms with van der Waals surface area (Å²) in [6.07, 6.45) is 1.14. The van der Waals surface area contributed by atoms with E-state index in [2.05, 4.69) is 23.2 Å². The van der Waals surface area contributed by atoms with E-state index < -0.39 is 0 Å². The molecule has 1 atom stereocenters. The molecule has 3 nitrogen and oxygen atoms in total. The molecule has 1 fully saturated rings. The third-order valence-electron chi connectivity index (χ3n) is 3.20. The van der Waals surface area contributed by atoms with Gasteiger partial charge in [-0.15, -0.1) is 0 Å². The van der Waals surface area contributed by atoms with Crippen LogP contribution in [0.5, 0.6) is 0 Å². The maximum atomic E-state index is 8.83. The fourth-order valence-corrected chi connectivity index (χ4v) is 2.63. The highest BCUT2D eigenvalue weighted by atomic mass is 35.5. The molecule has 1 aliphatic rings. The zero-order valence-corrected chi connectivity index (χ0v) is 10.7. The van der Waals surface area contributed by atoms with Crippen LogP contribution >= 0.6 is 11.6 Å². The summed E-state index contributed by atoms with van der Waals surface area (Å²) in [6.45, 7) is 5.13. The highest BCUT2D eigenvalue weighted by Crippen LogP contribution is 2.29. The van der Waals surface area contributed by atoms with E-state index >= 15 is 0 Å². The molecule has 1 aromatic carbocycles. The maximum absolute atomic E-state index is 8.83. The van der Waals surface area contributed by atoms with Gasteiger partial charge in [-0.25, -0.2) is 0 Å². The first-order chi connectivity index (χ1) is 8.26. The Balaban J connectivity index is 2.27. The number of benzene rings is 1. The number of likely N-dealkylation sites (N-methyl/N-ethyl adjacent to an activating group) is 1. The van der Waals surface area contributed by atoms with Gasteiger partial charge in [0, 0.05) is 19.1 Å². The lowest BCUT2D eigenvalue weighted by molar-refractivity contribution is 0.648. The predicted octanol–water partition coefficient (Wildman–Crippen LogP) is 2.40. The molecule has 1 saturated heterocycles. The van der Waals surface area contributed by atoms with E-state index in [9.17, 15) is 0 Å². The second-order valence-corrected chi connectivity index (χ2v) is 4.62. The van der Waals surface area contributed by atoms with Crippen molar-refractivity contribution in [3.05, 3.63) is 28.8 Å². The van der Waals surface area contributed by atoms with Crippen molar-refractivity contribution in [3.8, 4) is 6.07 Å². The summed E-state index contributed by atoms with van der Waals surface area (Å²) in [4.78, 5) is 2.31. The van der Waals surface area contributed by atoms with Gasteiger partial charge < -0.3 is 10.2 Å². The Morgan fingerprint density at radius 3 is 2.94 bits per heavy atom. The van der Waals surface area contributed by atoms with Crippen LogP contribution in [-0.4, -0.2) is 25.7 Å². The fraction of sp³-hybridized carbons (Fsp3) is 0.462. The third kappa shape index (κ3) is 2.54. The van der Waals surface area contributed by atoms with Crippen molar-refractivity contribution in [2.24, 2.45) is 0 Å². The number of nitrogens with one attached hydrogen (secondary N) is 1. The highest BCUT2D eigenvalue weighted by Gasteiger charge is 2.22. The molecule has 0 radical (unpaired) electrons. The van der Waals surface area contributed by atoms with E-state index in [1.807, 2.05) is 12.1 Å². The molecule has 1 unspecified atom stereocenters. The Morgan fingerprint density at radius 1 is 1.59 bits per heavy atom. The van der Waals surface area contributed by atoms with Crippen molar-refractivity contribution in [1.29, 1.82) is 5.26 Å². The van der Waals surface area contributed by atoms with E-state index in [0.717, 1.165) is 31.7 Å². The van der Waals surface area contributed by atoms with E-state index in [0.29, 0.717) is 16.6 Å². The molecule has 90 valence electrons. The summed E-state index contributed by atoms with van der Waals surface area (Å²) in [5.41, 5.74) is 1.64. The number of halogens is 1. The van der Waals surface area contributed by atoms with Crippen LogP contribution in [0.3, 0.4) is 0 Å². The van der Waals surface area contributed by atoms with Gasteiger partial charge >= 0.3 is 0 Å². The quantitative estimate of drug-likeness (QED) is 0.894. The average molecular weight is 250 g/mol. The first kappa shape index (κ1) is 12.2. The molecule has 4 heteroatoms. The van der Waals surface area contributed by atoms with E-state index in [4.69, 9.17) is 16.9 Å². The minimum atomic E-state index is 0.505. The van der Waals surface area contributed by atoms with E-state index in [1.165, 1.54) is 0 Å². The number of hydrogen-bond acceptors (Lipinski definition) is 3. The maximum Gasteiger partial charge on any atom is 0.0992 e. The van der Waals surface area contributed by atoms with Crippen molar-refractivity contribution in [2.75, 3.05) is 24.5 Å². The Labute approximate surface area is 107 Å². The number of rotatable bonds is 3. The van der Waals surface area contributed by atoms with Crippen LogP contribution in [0, 0.1) is 11.3 Å². The number of nitriles is 1. The Hall–Kier alpha value is -1.24. The molecule has 0 saturated carbocycles. The minimum Gasteiger partial charge on any atom is -0.366 e. The van der Waals surface area contributed by atoms with Crippen molar-refractivity contribution in [1.82, 2.24) is 5.32 Å². The van der Waals surface area contributed by atoms with Crippen LogP contribution < -0.4 is 10.2 Å². The lowest BCUT2D eigenvalue weighted by Gasteiger charge is -2.30. The van der Waals surface area contributed by atoms with Crippen LogP contribution in [0.4, 0.5) is 5.69 Å². The van der Waals surface area contributed by atoms with E-state index in [1.54, 1.807) is 6.07 Å². The summed E-state index contributed by atoms with van der Waals surface area (Å²) in [5.74, 6) is 0. The molecule has 17 heavy (non-hydrogen) atoms. The van der Waals surface area contributed by atoms with Crippen molar-refractivity contribution in [2.45, 2.75) is 19.4 Å². The highest BCUT2D eigenvalue weighted by molar-refractivity contribution is 6.33. The summed E-state index contributed by atoms with van der Waals surface area (Å²) in [5, 5.41) is 12.9. The first-order valence-corrected chi connectivity index (χ1v) is 6.31. The molecule has 0 aliphatic carbocycles. The molecule has 0 aromatic heterocycles. The number of hydrogen-bond donors (Lipinski definition) is 1. The smallest absolute Gasteiger partial charge is 0.0992 e. The molecule has 1 aromatic rings. The van der Waals surface area contributed by atoms with Gasteiger partial charge in [-0.2, -0.15) is 5.26 Å². The summed E-state index contributed by atoms with van der Waals surface area (Å²) >= 11 is 6.25. The first-order valence-electron chi connectivity index (χ1n) is 5.93. The molecule has 2 rings (SSSR count). The van der Waals surface area contributed by atoms with Gasteiger partial charge in [0.2, 0.25) is 0 Å². The van der Waals surface area contributed by atoms with Crippen LogP contribution in [0.2, 0.25) is 5.02 Å². The molecular weight excluding hydrogens is 234 g/mol. The van der Waals surface area contributed by atoms with E-state index in [-0.39, 0.29) is 0 Å². The number of nitrogens with zero attached hydrogens (tertiary/aromatic N) is 2. The second-order valence-electron chi connectivity index (χ2n) is 4.21. The Morgan fingerprint density at radius 2 is 2.41 bits per heavy atom. The van der Waals surface area contributed by atoms with Crippen LogP contribution in [0.1, 0.15) is 18.9 Å². The van der Waals surface area contributed by atoms with Crippen molar-refractivity contribution >= 4 is 17.3 Å². The summed E-state index contributed by atoms with van der Waals surface area (Å²) < 4.78 is 0. The van der Waals surface area contributed by atoms with Gasteiger partial charge in [0.1, 0.15) is 0 Å². The summed E-state index contributed by atoms with van der Waals surface area (Å²) in [7, 11) is 0. The van der Waals surface area contributed by atoms with Crippen LogP contribution in [0.25, 0.3) is 0 Å². The second kappa shape index (κ2) is 5.39. The minimum absolute atomic E-state index is 0.505. The molecule has 1 heterocycles. The van der Waals surface area contributed by atoms with Crippen LogP contribution in [0.15, 0.2) is 18.2 Å². The zero-order chi connectivity index (χ0) is 12.3. The molecule has 1 N–H and O–H groups in total. The summed E-state index contributed by atoms with van der Waals surface area (Å²) in [6, 6.07) is 8.12. The monoisotopic (exact) mass is 249 g/mol. The van der Waals surface area contributed by atoms with Gasteiger partial charge in [-0.05, 0) is 38.1 Å². The number of anilines is 1. The molecule has 0 spiro atoms. The standard InChI is InChI=1S/C13H16ClN3/c1-2-17(11-5-6-16-9-11)13-4-3-10(8-15)7-12(13)14/h3-4,7,11,16H,2,5-6,9H2,1H3. The van der Waals surface area contributed by atoms with Crippen molar-refractivity contribution in [3.63, 3.8) is 0 Å². The van der Waals surface area contributed by atoms with Gasteiger partial charge in [0.05, 0.1) is 22.3 Å². The third-order valence-corrected chi connectivity index (χ3v) is 3.50. The normalized spacial score (nSPS) is 19.0. The topological polar surface area (TPSA) is 39.1 Å². The molecular formula is C13H16ClN3. The SMILES string of the molecule is CCN(c1ccc(C#N)cc1Cl)C1CCNC1. The fourth-order valence-electron chi connectivity index (χ4n) is 2.34. The van der Waals surface area contributed by atoms with Crippen LogP contribution in [-0.2, 0) is 0 Å². The Kier molecular flexibility index (Phi) is 3.88. The Bertz CT molecular complexity index is 433. The average Bonchev–Trinajstić information content (AvgIpc) is 2.85. The van der Waals surface area contributed by atoms with Crippen molar-refractivity contribution < 1.29 is 0 Å². The largest absolute Gasteiger partial charge is 0.366 e. The molecule has 1 aliphatic heterocycles. The van der Waals surface area contributed by atoms with Gasteiger partial charge in [-0.3, -0.25) is 0 Å². The lowest BCUT2D eigenvalue weighted by atomic mass is 10.1. The predicted molar refractivity (Wildman–Crippen MR) is 70.5 cm³/mol. The zero-order valence-electron chi connectivity index (χ0n) is 9.91.